The van der Waals surface area contributed by atoms with Gasteiger partial charge in [-0.25, -0.2) is 13.8 Å². The molecule has 12 heteroatoms. The van der Waals surface area contributed by atoms with Crippen LogP contribution in [0.25, 0.3) is 16.7 Å². The fourth-order valence-electron chi connectivity index (χ4n) is 4.42. The van der Waals surface area contributed by atoms with E-state index in [0.717, 1.165) is 24.5 Å². The lowest BCUT2D eigenvalue weighted by Gasteiger charge is -2.30. The smallest absolute Gasteiger partial charge is 0.397 e. The topological polar surface area (TPSA) is 104 Å². The minimum Gasteiger partial charge on any atom is -0.397 e. The number of fused-ring (bicyclic) bond motifs is 1. The Morgan fingerprint density at radius 3 is 2.69 bits per heavy atom. The number of alkyl halides is 5. The first kappa shape index (κ1) is 24.2. The van der Waals surface area contributed by atoms with E-state index in [9.17, 15) is 22.0 Å². The highest BCUT2D eigenvalue weighted by molar-refractivity contribution is 6.09. The Balaban J connectivity index is 1.58. The SMILES string of the molecule is C=C(NC(=NC1CCNCC1(F)F)c1c(N)cncc1C1CC1)c1ccnc2[nH]c(C(F)(F)F)cc12. The lowest BCUT2D eigenvalue weighted by Crippen LogP contribution is -2.49. The number of aromatic nitrogens is 3. The van der Waals surface area contributed by atoms with Gasteiger partial charge >= 0.3 is 6.18 Å². The van der Waals surface area contributed by atoms with Gasteiger partial charge in [0.2, 0.25) is 0 Å². The van der Waals surface area contributed by atoms with Gasteiger partial charge in [0.1, 0.15) is 23.2 Å². The summed E-state index contributed by atoms with van der Waals surface area (Å²) in [6.07, 6.45) is 1.74. The second kappa shape index (κ2) is 8.84. The summed E-state index contributed by atoms with van der Waals surface area (Å²) in [5.41, 5.74) is 7.32. The summed E-state index contributed by atoms with van der Waals surface area (Å²) >= 11 is 0. The van der Waals surface area contributed by atoms with Crippen molar-refractivity contribution in [2.75, 3.05) is 18.8 Å². The summed E-state index contributed by atoms with van der Waals surface area (Å²) in [6.45, 7) is 3.85. The number of anilines is 1. The summed E-state index contributed by atoms with van der Waals surface area (Å²) in [5, 5.41) is 5.87. The predicted octanol–water partition coefficient (Wildman–Crippen LogP) is 4.44. The highest BCUT2D eigenvalue weighted by Gasteiger charge is 2.42. The molecule has 0 aromatic carbocycles. The first-order valence-electron chi connectivity index (χ1n) is 11.5. The van der Waals surface area contributed by atoms with E-state index in [1.54, 1.807) is 6.20 Å². The van der Waals surface area contributed by atoms with E-state index in [4.69, 9.17) is 5.73 Å². The van der Waals surface area contributed by atoms with E-state index in [1.807, 2.05) is 0 Å². The zero-order valence-electron chi connectivity index (χ0n) is 19.1. The highest BCUT2D eigenvalue weighted by atomic mass is 19.4. The van der Waals surface area contributed by atoms with Gasteiger partial charge in [0.05, 0.1) is 18.4 Å². The number of hydrogen-bond acceptors (Lipinski definition) is 5. The maximum Gasteiger partial charge on any atom is 0.431 e. The molecule has 5 rings (SSSR count). The Morgan fingerprint density at radius 1 is 1.22 bits per heavy atom. The van der Waals surface area contributed by atoms with Crippen molar-refractivity contribution in [2.24, 2.45) is 4.99 Å². The normalized spacial score (nSPS) is 20.5. The molecule has 1 unspecified atom stereocenters. The van der Waals surface area contributed by atoms with Crippen LogP contribution >= 0.6 is 0 Å². The Bertz CT molecular complexity index is 1340. The number of aromatic amines is 1. The monoisotopic (exact) mass is 505 g/mol. The first-order valence-corrected chi connectivity index (χ1v) is 11.5. The average molecular weight is 505 g/mol. The average Bonchev–Trinajstić information content (AvgIpc) is 3.55. The van der Waals surface area contributed by atoms with Crippen LogP contribution in [-0.4, -0.2) is 45.8 Å². The number of piperidine rings is 1. The van der Waals surface area contributed by atoms with Gasteiger partial charge in [0.25, 0.3) is 5.92 Å². The number of nitrogen functional groups attached to an aromatic ring is 1. The molecule has 2 fully saturated rings. The molecule has 1 aliphatic heterocycles. The Hall–Kier alpha value is -3.54. The largest absolute Gasteiger partial charge is 0.431 e. The van der Waals surface area contributed by atoms with Crippen molar-refractivity contribution >= 4 is 28.3 Å². The van der Waals surface area contributed by atoms with Crippen LogP contribution in [0.1, 0.15) is 47.6 Å². The second-order valence-corrected chi connectivity index (χ2v) is 9.09. The molecule has 7 nitrogen and oxygen atoms in total. The minimum atomic E-state index is -4.59. The molecule has 0 radical (unpaired) electrons. The standard InChI is InChI=1S/C24H24F5N7/c1-12(14-4-7-33-21-15(14)8-19(36-21)24(27,28)29)34-22(35-18-5-6-31-11-23(18,25)26)20-16(13-2-3-13)9-32-10-17(20)30/h4,7-10,13,18,31H,1-3,5-6,11,30H2,(H,33,36)(H,34,35). The molecule has 190 valence electrons. The zero-order chi connectivity index (χ0) is 25.7. The summed E-state index contributed by atoms with van der Waals surface area (Å²) in [7, 11) is 0. The number of nitrogens with one attached hydrogen (secondary N) is 3. The number of rotatable bonds is 5. The zero-order valence-corrected chi connectivity index (χ0v) is 19.1. The molecule has 1 aliphatic carbocycles. The van der Waals surface area contributed by atoms with Crippen molar-refractivity contribution in [1.82, 2.24) is 25.6 Å². The third kappa shape index (κ3) is 4.64. The molecule has 1 saturated carbocycles. The van der Waals surface area contributed by atoms with Crippen molar-refractivity contribution in [2.45, 2.75) is 43.3 Å². The van der Waals surface area contributed by atoms with Crippen LogP contribution in [0.3, 0.4) is 0 Å². The lowest BCUT2D eigenvalue weighted by molar-refractivity contribution is -0.140. The van der Waals surface area contributed by atoms with E-state index < -0.39 is 30.4 Å². The van der Waals surface area contributed by atoms with Gasteiger partial charge in [0.15, 0.2) is 0 Å². The number of nitrogens with zero attached hydrogens (tertiary/aromatic N) is 3. The van der Waals surface area contributed by atoms with Crippen LogP contribution in [0.4, 0.5) is 27.6 Å². The first-order chi connectivity index (χ1) is 17.0. The fraction of sp³-hybridized carbons (Fsp3) is 0.375. The van der Waals surface area contributed by atoms with Gasteiger partial charge in [-0.1, -0.05) is 6.58 Å². The quantitative estimate of drug-likeness (QED) is 0.233. The number of amidine groups is 1. The molecule has 4 heterocycles. The van der Waals surface area contributed by atoms with Gasteiger partial charge in [0, 0.05) is 34.6 Å². The van der Waals surface area contributed by atoms with Crippen LogP contribution in [0.5, 0.6) is 0 Å². The molecule has 0 spiro atoms. The molecule has 1 saturated heterocycles. The van der Waals surface area contributed by atoms with E-state index in [1.165, 1.54) is 18.5 Å². The molecule has 2 aliphatic rings. The molecule has 3 aromatic heterocycles. The number of nitrogens with two attached hydrogens (primary N) is 1. The number of halogens is 5. The van der Waals surface area contributed by atoms with Gasteiger partial charge in [-0.3, -0.25) is 9.98 Å². The van der Waals surface area contributed by atoms with E-state index >= 15 is 0 Å². The second-order valence-electron chi connectivity index (χ2n) is 9.09. The Labute approximate surface area is 203 Å². The molecule has 0 amide bonds. The van der Waals surface area contributed by atoms with Crippen LogP contribution in [-0.2, 0) is 6.18 Å². The summed E-state index contributed by atoms with van der Waals surface area (Å²) in [6, 6.07) is 1.12. The number of pyridine rings is 2. The third-order valence-electron chi connectivity index (χ3n) is 6.42. The molecule has 1 atom stereocenters. The van der Waals surface area contributed by atoms with Crippen molar-refractivity contribution in [3.63, 3.8) is 0 Å². The molecular formula is C24H24F5N7. The summed E-state index contributed by atoms with van der Waals surface area (Å²) < 4.78 is 69.3. The van der Waals surface area contributed by atoms with E-state index in [0.29, 0.717) is 17.7 Å². The lowest BCUT2D eigenvalue weighted by atomic mass is 10.00. The van der Waals surface area contributed by atoms with Gasteiger partial charge in [-0.15, -0.1) is 0 Å². The van der Waals surface area contributed by atoms with E-state index in [-0.39, 0.29) is 40.6 Å². The van der Waals surface area contributed by atoms with Crippen LogP contribution in [0.2, 0.25) is 0 Å². The highest BCUT2D eigenvalue weighted by Crippen LogP contribution is 2.43. The molecular weight excluding hydrogens is 481 g/mol. The van der Waals surface area contributed by atoms with Crippen LogP contribution < -0.4 is 16.4 Å². The summed E-state index contributed by atoms with van der Waals surface area (Å²) in [5.74, 6) is -2.83. The van der Waals surface area contributed by atoms with Crippen molar-refractivity contribution in [3.8, 4) is 0 Å². The fourth-order valence-corrected chi connectivity index (χ4v) is 4.42. The molecule has 36 heavy (non-hydrogen) atoms. The van der Waals surface area contributed by atoms with Crippen molar-refractivity contribution < 1.29 is 22.0 Å². The Kier molecular flexibility index (Phi) is 5.93. The van der Waals surface area contributed by atoms with Gasteiger partial charge in [-0.2, -0.15) is 13.2 Å². The minimum absolute atomic E-state index is 0.0215. The number of hydrogen-bond donors (Lipinski definition) is 4. The Morgan fingerprint density at radius 2 is 2.00 bits per heavy atom. The van der Waals surface area contributed by atoms with Crippen LogP contribution in [0.15, 0.2) is 42.3 Å². The summed E-state index contributed by atoms with van der Waals surface area (Å²) in [4.78, 5) is 14.8. The van der Waals surface area contributed by atoms with Gasteiger partial charge < -0.3 is 21.4 Å². The molecule has 0 bridgehead atoms. The van der Waals surface area contributed by atoms with Gasteiger partial charge in [-0.05, 0) is 49.4 Å². The number of H-pyrrole nitrogens is 1. The van der Waals surface area contributed by atoms with E-state index in [2.05, 4.69) is 37.2 Å². The maximum absolute atomic E-state index is 14.7. The molecule has 5 N–H and O–H groups in total. The van der Waals surface area contributed by atoms with Crippen molar-refractivity contribution in [1.29, 1.82) is 0 Å². The van der Waals surface area contributed by atoms with Crippen LogP contribution in [0, 0.1) is 0 Å². The number of aliphatic imine (C=N–C) groups is 1. The third-order valence-corrected chi connectivity index (χ3v) is 6.42. The van der Waals surface area contributed by atoms with Crippen molar-refractivity contribution in [3.05, 3.63) is 59.7 Å². The maximum atomic E-state index is 14.7. The predicted molar refractivity (Wildman–Crippen MR) is 127 cm³/mol. The molecule has 3 aromatic rings.